The zero-order valence-corrected chi connectivity index (χ0v) is 12.3. The van der Waals surface area contributed by atoms with Crippen LogP contribution >= 0.6 is 11.8 Å². The molecule has 0 aliphatic rings. The van der Waals surface area contributed by atoms with Crippen molar-refractivity contribution < 1.29 is 23.7 Å². The molecule has 6 heteroatoms. The molecule has 19 heavy (non-hydrogen) atoms. The van der Waals surface area contributed by atoms with Crippen molar-refractivity contribution in [3.8, 4) is 17.2 Å². The molecule has 0 aliphatic carbocycles. The van der Waals surface area contributed by atoms with Gasteiger partial charge in [0.15, 0.2) is 0 Å². The second-order valence-corrected chi connectivity index (χ2v) is 4.64. The van der Waals surface area contributed by atoms with E-state index >= 15 is 0 Å². The van der Waals surface area contributed by atoms with E-state index in [0.717, 1.165) is 4.90 Å². The van der Waals surface area contributed by atoms with E-state index in [4.69, 9.17) is 14.2 Å². The first kappa shape index (κ1) is 15.5. The van der Waals surface area contributed by atoms with Crippen LogP contribution in [0.25, 0.3) is 0 Å². The van der Waals surface area contributed by atoms with Crippen LogP contribution in [0.15, 0.2) is 17.0 Å². The fourth-order valence-electron chi connectivity index (χ4n) is 1.45. The number of carbonyl (C=O) groups is 1. The Morgan fingerprint density at radius 1 is 1.05 bits per heavy atom. The van der Waals surface area contributed by atoms with E-state index in [1.54, 1.807) is 33.5 Å². The Hall–Kier alpha value is -1.56. The quantitative estimate of drug-likeness (QED) is 0.566. The number of benzene rings is 1. The number of hydrogen-bond donors (Lipinski definition) is 0. The third kappa shape index (κ3) is 4.24. The van der Waals surface area contributed by atoms with Crippen molar-refractivity contribution in [3.63, 3.8) is 0 Å². The van der Waals surface area contributed by atoms with Gasteiger partial charge in [0, 0.05) is 17.9 Å². The van der Waals surface area contributed by atoms with E-state index in [2.05, 4.69) is 4.74 Å². The highest BCUT2D eigenvalue weighted by Gasteiger charge is 2.14. The van der Waals surface area contributed by atoms with Crippen LogP contribution < -0.4 is 14.2 Å². The van der Waals surface area contributed by atoms with Gasteiger partial charge in [0.1, 0.15) is 17.2 Å². The van der Waals surface area contributed by atoms with Crippen molar-refractivity contribution in [3.05, 3.63) is 12.1 Å². The molecule has 1 rings (SSSR count). The van der Waals surface area contributed by atoms with Crippen LogP contribution in [0.4, 0.5) is 0 Å². The minimum atomic E-state index is -0.237. The predicted octanol–water partition coefficient (Wildman–Crippen LogP) is 2.37. The SMILES string of the molecule is COC(=O)CCSc1c(OC)cc(OC)cc1OC. The summed E-state index contributed by atoms with van der Waals surface area (Å²) in [4.78, 5) is 11.9. The third-order valence-corrected chi connectivity index (χ3v) is 3.55. The van der Waals surface area contributed by atoms with E-state index in [1.807, 2.05) is 0 Å². The van der Waals surface area contributed by atoms with Crippen LogP contribution in [0, 0.1) is 0 Å². The summed E-state index contributed by atoms with van der Waals surface area (Å²) in [6.07, 6.45) is 0.333. The highest BCUT2D eigenvalue weighted by Crippen LogP contribution is 2.41. The van der Waals surface area contributed by atoms with Crippen LogP contribution in [-0.4, -0.2) is 40.2 Å². The first-order valence-electron chi connectivity index (χ1n) is 5.65. The summed E-state index contributed by atoms with van der Waals surface area (Å²) in [6.45, 7) is 0. The Balaban J connectivity index is 2.88. The highest BCUT2D eigenvalue weighted by atomic mass is 32.2. The van der Waals surface area contributed by atoms with Gasteiger partial charge < -0.3 is 18.9 Å². The number of rotatable bonds is 7. The lowest BCUT2D eigenvalue weighted by molar-refractivity contribution is -0.140. The molecule has 0 unspecified atom stereocenters. The minimum Gasteiger partial charge on any atom is -0.496 e. The summed E-state index contributed by atoms with van der Waals surface area (Å²) >= 11 is 1.48. The first-order chi connectivity index (χ1) is 9.15. The van der Waals surface area contributed by atoms with Gasteiger partial charge in [0.2, 0.25) is 0 Å². The molecule has 0 atom stereocenters. The number of methoxy groups -OCH3 is 4. The van der Waals surface area contributed by atoms with E-state index in [1.165, 1.54) is 18.9 Å². The second kappa shape index (κ2) is 7.78. The maximum Gasteiger partial charge on any atom is 0.306 e. The molecular formula is C13H18O5S. The van der Waals surface area contributed by atoms with Gasteiger partial charge in [0.25, 0.3) is 0 Å². The fraction of sp³-hybridized carbons (Fsp3) is 0.462. The zero-order valence-electron chi connectivity index (χ0n) is 11.5. The van der Waals surface area contributed by atoms with E-state index in [0.29, 0.717) is 29.4 Å². The number of thioether (sulfide) groups is 1. The first-order valence-corrected chi connectivity index (χ1v) is 6.64. The standard InChI is InChI=1S/C13H18O5S/c1-15-9-7-10(16-2)13(11(8-9)17-3)19-6-5-12(14)18-4/h7-8H,5-6H2,1-4H3. The van der Waals surface area contributed by atoms with Gasteiger partial charge in [-0.05, 0) is 0 Å². The lowest BCUT2D eigenvalue weighted by Gasteiger charge is -2.14. The average Bonchev–Trinajstić information content (AvgIpc) is 2.46. The Morgan fingerprint density at radius 3 is 2.05 bits per heavy atom. The largest absolute Gasteiger partial charge is 0.496 e. The molecular weight excluding hydrogens is 268 g/mol. The summed E-state index contributed by atoms with van der Waals surface area (Å²) < 4.78 is 20.4. The smallest absolute Gasteiger partial charge is 0.306 e. The molecule has 0 aliphatic heterocycles. The maximum atomic E-state index is 11.1. The van der Waals surface area contributed by atoms with Gasteiger partial charge in [-0.2, -0.15) is 0 Å². The van der Waals surface area contributed by atoms with Crippen molar-refractivity contribution in [2.45, 2.75) is 11.3 Å². The Kier molecular flexibility index (Phi) is 6.35. The molecule has 106 valence electrons. The van der Waals surface area contributed by atoms with Crippen LogP contribution in [0.1, 0.15) is 6.42 Å². The summed E-state index contributed by atoms with van der Waals surface area (Å²) in [5.41, 5.74) is 0. The lowest BCUT2D eigenvalue weighted by Crippen LogP contribution is -2.01. The van der Waals surface area contributed by atoms with Gasteiger partial charge in [0.05, 0.1) is 39.8 Å². The van der Waals surface area contributed by atoms with Crippen LogP contribution in [0.2, 0.25) is 0 Å². The molecule has 1 aromatic carbocycles. The molecule has 0 N–H and O–H groups in total. The molecule has 0 fully saturated rings. The minimum absolute atomic E-state index is 0.237. The topological polar surface area (TPSA) is 54.0 Å². The van der Waals surface area contributed by atoms with Crippen molar-refractivity contribution in [1.82, 2.24) is 0 Å². The summed E-state index contributed by atoms with van der Waals surface area (Å²) in [5, 5.41) is 0. The van der Waals surface area contributed by atoms with Gasteiger partial charge >= 0.3 is 5.97 Å². The van der Waals surface area contributed by atoms with Crippen LogP contribution in [0.3, 0.4) is 0 Å². The predicted molar refractivity (Wildman–Crippen MR) is 73.5 cm³/mol. The Bertz CT molecular complexity index is 408. The monoisotopic (exact) mass is 286 g/mol. The summed E-state index contributed by atoms with van der Waals surface area (Å²) in [6, 6.07) is 3.56. The maximum absolute atomic E-state index is 11.1. The van der Waals surface area contributed by atoms with Crippen molar-refractivity contribution in [2.75, 3.05) is 34.2 Å². The van der Waals surface area contributed by atoms with Gasteiger partial charge in [-0.1, -0.05) is 0 Å². The van der Waals surface area contributed by atoms with Gasteiger partial charge in [-0.15, -0.1) is 11.8 Å². The highest BCUT2D eigenvalue weighted by molar-refractivity contribution is 7.99. The number of hydrogen-bond acceptors (Lipinski definition) is 6. The van der Waals surface area contributed by atoms with Gasteiger partial charge in [-0.25, -0.2) is 0 Å². The molecule has 0 heterocycles. The molecule has 1 aromatic rings. The van der Waals surface area contributed by atoms with Crippen molar-refractivity contribution >= 4 is 17.7 Å². The molecule has 0 amide bonds. The summed E-state index contributed by atoms with van der Waals surface area (Å²) in [5.74, 6) is 2.33. The lowest BCUT2D eigenvalue weighted by atomic mass is 10.3. The molecule has 0 saturated heterocycles. The van der Waals surface area contributed by atoms with Crippen molar-refractivity contribution in [2.24, 2.45) is 0 Å². The normalized spacial score (nSPS) is 9.89. The van der Waals surface area contributed by atoms with Crippen LogP contribution in [-0.2, 0) is 9.53 Å². The van der Waals surface area contributed by atoms with E-state index in [-0.39, 0.29) is 5.97 Å². The van der Waals surface area contributed by atoms with E-state index in [9.17, 15) is 4.79 Å². The Morgan fingerprint density at radius 2 is 1.63 bits per heavy atom. The number of ether oxygens (including phenoxy) is 4. The fourth-order valence-corrected chi connectivity index (χ4v) is 2.50. The van der Waals surface area contributed by atoms with Gasteiger partial charge in [-0.3, -0.25) is 4.79 Å². The number of carbonyl (C=O) groups excluding carboxylic acids is 1. The molecule has 0 spiro atoms. The zero-order chi connectivity index (χ0) is 14.3. The second-order valence-electron chi connectivity index (χ2n) is 3.54. The van der Waals surface area contributed by atoms with E-state index < -0.39 is 0 Å². The third-order valence-electron chi connectivity index (χ3n) is 2.45. The summed E-state index contributed by atoms with van der Waals surface area (Å²) in [7, 11) is 6.12. The average molecular weight is 286 g/mol. The molecule has 0 radical (unpaired) electrons. The molecule has 0 bridgehead atoms. The van der Waals surface area contributed by atoms with Crippen molar-refractivity contribution in [1.29, 1.82) is 0 Å². The van der Waals surface area contributed by atoms with Crippen LogP contribution in [0.5, 0.6) is 17.2 Å². The molecule has 0 saturated carbocycles. The Labute approximate surface area is 117 Å². The number of esters is 1. The molecule has 0 aromatic heterocycles. The molecule has 5 nitrogen and oxygen atoms in total.